The average molecular weight is 243 g/mol. The number of aryl methyl sites for hydroxylation is 1. The van der Waals surface area contributed by atoms with Crippen LogP contribution in [0, 0.1) is 5.41 Å². The van der Waals surface area contributed by atoms with Gasteiger partial charge in [0, 0.05) is 13.6 Å². The van der Waals surface area contributed by atoms with Crippen molar-refractivity contribution >= 4 is 11.0 Å². The standard InChI is InChI=1S/C15H21N3/c1-15(8-5-9-15)11-16-10-14-17-12-6-3-4-7-13(12)18(14)2/h3-4,6-7,16H,5,8-11H2,1-2H3. The third-order valence-corrected chi connectivity index (χ3v) is 4.28. The van der Waals surface area contributed by atoms with E-state index in [1.807, 2.05) is 6.07 Å². The molecule has 0 bridgehead atoms. The average Bonchev–Trinajstić information content (AvgIpc) is 2.65. The zero-order valence-electron chi connectivity index (χ0n) is 11.2. The van der Waals surface area contributed by atoms with Crippen LogP contribution in [0.15, 0.2) is 24.3 Å². The van der Waals surface area contributed by atoms with Gasteiger partial charge in [0.15, 0.2) is 0 Å². The molecular weight excluding hydrogens is 222 g/mol. The summed E-state index contributed by atoms with van der Waals surface area (Å²) >= 11 is 0. The van der Waals surface area contributed by atoms with Crippen molar-refractivity contribution in [2.24, 2.45) is 12.5 Å². The van der Waals surface area contributed by atoms with E-state index in [1.165, 1.54) is 24.8 Å². The minimum absolute atomic E-state index is 0.532. The molecule has 0 atom stereocenters. The van der Waals surface area contributed by atoms with Gasteiger partial charge in [-0.1, -0.05) is 25.5 Å². The van der Waals surface area contributed by atoms with Crippen LogP contribution < -0.4 is 5.32 Å². The van der Waals surface area contributed by atoms with E-state index in [0.29, 0.717) is 5.41 Å². The number of hydrogen-bond donors (Lipinski definition) is 1. The van der Waals surface area contributed by atoms with Crippen LogP contribution in [0.2, 0.25) is 0 Å². The number of nitrogens with zero attached hydrogens (tertiary/aromatic N) is 2. The molecule has 0 unspecified atom stereocenters. The van der Waals surface area contributed by atoms with Crippen LogP contribution in [0.1, 0.15) is 32.0 Å². The molecule has 2 aromatic rings. The molecule has 3 rings (SSSR count). The lowest BCUT2D eigenvalue weighted by atomic mass is 9.70. The van der Waals surface area contributed by atoms with Crippen molar-refractivity contribution < 1.29 is 0 Å². The maximum atomic E-state index is 4.68. The summed E-state index contributed by atoms with van der Waals surface area (Å²) in [5.74, 6) is 1.12. The molecule has 3 nitrogen and oxygen atoms in total. The van der Waals surface area contributed by atoms with Crippen LogP contribution in [-0.2, 0) is 13.6 Å². The van der Waals surface area contributed by atoms with Gasteiger partial charge < -0.3 is 9.88 Å². The summed E-state index contributed by atoms with van der Waals surface area (Å²) < 4.78 is 2.19. The molecular formula is C15H21N3. The zero-order chi connectivity index (χ0) is 12.6. The Labute approximate surface area is 108 Å². The molecule has 1 aromatic heterocycles. The first-order valence-electron chi connectivity index (χ1n) is 6.79. The van der Waals surface area contributed by atoms with Gasteiger partial charge in [0.05, 0.1) is 17.6 Å². The van der Waals surface area contributed by atoms with Gasteiger partial charge in [-0.15, -0.1) is 0 Å². The van der Waals surface area contributed by atoms with Gasteiger partial charge in [0.1, 0.15) is 5.82 Å². The number of nitrogens with one attached hydrogen (secondary N) is 1. The second-order valence-electron chi connectivity index (χ2n) is 5.84. The quantitative estimate of drug-likeness (QED) is 0.895. The summed E-state index contributed by atoms with van der Waals surface area (Å²) in [7, 11) is 2.09. The Kier molecular flexibility index (Phi) is 2.86. The third kappa shape index (κ3) is 2.03. The molecule has 1 aromatic carbocycles. The van der Waals surface area contributed by atoms with Gasteiger partial charge in [-0.3, -0.25) is 0 Å². The molecule has 3 heteroatoms. The van der Waals surface area contributed by atoms with Crippen LogP contribution in [-0.4, -0.2) is 16.1 Å². The Morgan fingerprint density at radius 1 is 1.33 bits per heavy atom. The Balaban J connectivity index is 1.69. The van der Waals surface area contributed by atoms with Crippen molar-refractivity contribution in [1.29, 1.82) is 0 Å². The van der Waals surface area contributed by atoms with Gasteiger partial charge in [-0.2, -0.15) is 0 Å². The molecule has 1 aliphatic carbocycles. The number of fused-ring (bicyclic) bond motifs is 1. The summed E-state index contributed by atoms with van der Waals surface area (Å²) in [4.78, 5) is 4.68. The zero-order valence-corrected chi connectivity index (χ0v) is 11.2. The van der Waals surface area contributed by atoms with E-state index in [0.717, 1.165) is 24.4 Å². The molecule has 0 amide bonds. The molecule has 1 heterocycles. The fourth-order valence-electron chi connectivity index (χ4n) is 2.79. The number of hydrogen-bond acceptors (Lipinski definition) is 2. The van der Waals surface area contributed by atoms with Crippen LogP contribution in [0.4, 0.5) is 0 Å². The molecule has 96 valence electrons. The monoisotopic (exact) mass is 243 g/mol. The fourth-order valence-corrected chi connectivity index (χ4v) is 2.79. The van der Waals surface area contributed by atoms with Crippen molar-refractivity contribution in [3.63, 3.8) is 0 Å². The summed E-state index contributed by atoms with van der Waals surface area (Å²) in [6.45, 7) is 4.34. The number of aromatic nitrogens is 2. The lowest BCUT2D eigenvalue weighted by Gasteiger charge is -2.38. The van der Waals surface area contributed by atoms with Gasteiger partial charge in [0.2, 0.25) is 0 Å². The minimum Gasteiger partial charge on any atom is -0.330 e. The minimum atomic E-state index is 0.532. The summed E-state index contributed by atoms with van der Waals surface area (Å²) in [5, 5.41) is 3.56. The topological polar surface area (TPSA) is 29.9 Å². The maximum Gasteiger partial charge on any atom is 0.123 e. The molecule has 1 saturated carbocycles. The molecule has 0 radical (unpaired) electrons. The van der Waals surface area contributed by atoms with Crippen LogP contribution in [0.5, 0.6) is 0 Å². The van der Waals surface area contributed by atoms with E-state index in [1.54, 1.807) is 0 Å². The maximum absolute atomic E-state index is 4.68. The first kappa shape index (κ1) is 11.7. The largest absolute Gasteiger partial charge is 0.330 e. The van der Waals surface area contributed by atoms with Crippen molar-refractivity contribution in [2.45, 2.75) is 32.7 Å². The Hall–Kier alpha value is -1.35. The predicted molar refractivity (Wildman–Crippen MR) is 74.4 cm³/mol. The molecule has 0 saturated heterocycles. The van der Waals surface area contributed by atoms with E-state index in [4.69, 9.17) is 0 Å². The van der Waals surface area contributed by atoms with Crippen LogP contribution in [0.3, 0.4) is 0 Å². The van der Waals surface area contributed by atoms with E-state index < -0.39 is 0 Å². The van der Waals surface area contributed by atoms with Gasteiger partial charge in [0.25, 0.3) is 0 Å². The van der Waals surface area contributed by atoms with E-state index in [-0.39, 0.29) is 0 Å². The van der Waals surface area contributed by atoms with Gasteiger partial charge in [-0.25, -0.2) is 4.98 Å². The lowest BCUT2D eigenvalue weighted by molar-refractivity contribution is 0.156. The fraction of sp³-hybridized carbons (Fsp3) is 0.533. The van der Waals surface area contributed by atoms with Crippen molar-refractivity contribution in [3.05, 3.63) is 30.1 Å². The second-order valence-corrected chi connectivity index (χ2v) is 5.84. The molecule has 18 heavy (non-hydrogen) atoms. The number of benzene rings is 1. The van der Waals surface area contributed by atoms with Crippen molar-refractivity contribution in [2.75, 3.05) is 6.54 Å². The summed E-state index contributed by atoms with van der Waals surface area (Å²) in [6.07, 6.45) is 4.12. The van der Waals surface area contributed by atoms with Crippen molar-refractivity contribution in [3.8, 4) is 0 Å². The Bertz CT molecular complexity index is 552. The predicted octanol–water partition coefficient (Wildman–Crippen LogP) is 2.85. The van der Waals surface area contributed by atoms with Gasteiger partial charge >= 0.3 is 0 Å². The Morgan fingerprint density at radius 2 is 2.11 bits per heavy atom. The second kappa shape index (κ2) is 4.39. The summed E-state index contributed by atoms with van der Waals surface area (Å²) in [6, 6.07) is 8.31. The number of para-hydroxylation sites is 2. The van der Waals surface area contributed by atoms with Gasteiger partial charge in [-0.05, 0) is 30.4 Å². The first-order chi connectivity index (χ1) is 8.68. The SMILES string of the molecule is Cn1c(CNCC2(C)CCC2)nc2ccccc21. The smallest absolute Gasteiger partial charge is 0.123 e. The van der Waals surface area contributed by atoms with Crippen LogP contribution >= 0.6 is 0 Å². The van der Waals surface area contributed by atoms with E-state index in [2.05, 4.69) is 47.0 Å². The van der Waals surface area contributed by atoms with E-state index in [9.17, 15) is 0 Å². The number of rotatable bonds is 4. The lowest BCUT2D eigenvalue weighted by Crippen LogP contribution is -2.37. The highest BCUT2D eigenvalue weighted by Crippen LogP contribution is 2.39. The highest BCUT2D eigenvalue weighted by atomic mass is 15.1. The Morgan fingerprint density at radius 3 is 2.78 bits per heavy atom. The third-order valence-electron chi connectivity index (χ3n) is 4.28. The highest BCUT2D eigenvalue weighted by Gasteiger charge is 2.30. The molecule has 1 fully saturated rings. The highest BCUT2D eigenvalue weighted by molar-refractivity contribution is 5.75. The van der Waals surface area contributed by atoms with Crippen molar-refractivity contribution in [1.82, 2.24) is 14.9 Å². The normalized spacial score (nSPS) is 17.9. The molecule has 1 aliphatic rings. The molecule has 1 N–H and O–H groups in total. The van der Waals surface area contributed by atoms with Crippen LogP contribution in [0.25, 0.3) is 11.0 Å². The molecule has 0 spiro atoms. The van der Waals surface area contributed by atoms with E-state index >= 15 is 0 Å². The number of imidazole rings is 1. The summed E-state index contributed by atoms with van der Waals surface area (Å²) in [5.41, 5.74) is 2.83. The first-order valence-corrected chi connectivity index (χ1v) is 6.79. The molecule has 0 aliphatic heterocycles.